The van der Waals surface area contributed by atoms with Crippen LogP contribution >= 0.6 is 7.80 Å². The van der Waals surface area contributed by atoms with E-state index < -0.39 is 25.3 Å². The summed E-state index contributed by atoms with van der Waals surface area (Å²) in [4.78, 5) is 28.1. The predicted molar refractivity (Wildman–Crippen MR) is 158 cm³/mol. The number of methoxy groups -OCH3 is 4. The maximum absolute atomic E-state index is 14.1. The molecule has 0 aliphatic heterocycles. The lowest BCUT2D eigenvalue weighted by atomic mass is 9.82. The van der Waals surface area contributed by atoms with E-state index in [1.54, 1.807) is 36.4 Å². The molecule has 1 aliphatic carbocycles. The molecule has 0 spiro atoms. The first-order valence-electron chi connectivity index (χ1n) is 13.4. The molecule has 0 fully saturated rings. The molecule has 1 unspecified atom stereocenters. The van der Waals surface area contributed by atoms with Crippen LogP contribution in [0.15, 0.2) is 59.4 Å². The van der Waals surface area contributed by atoms with Crippen LogP contribution < -0.4 is 18.9 Å². The lowest BCUT2D eigenvalue weighted by molar-refractivity contribution is 0.0791. The van der Waals surface area contributed by atoms with E-state index in [1.807, 2.05) is 13.0 Å². The summed E-state index contributed by atoms with van der Waals surface area (Å²) in [7, 11) is 4.32. The van der Waals surface area contributed by atoms with E-state index >= 15 is 0 Å². The van der Waals surface area contributed by atoms with E-state index in [2.05, 4.69) is 19.9 Å². The van der Waals surface area contributed by atoms with Crippen molar-refractivity contribution in [3.63, 3.8) is 0 Å². The van der Waals surface area contributed by atoms with Gasteiger partial charge in [-0.25, -0.2) is 0 Å². The number of ketones is 2. The van der Waals surface area contributed by atoms with Crippen molar-refractivity contribution in [3.8, 4) is 23.0 Å². The summed E-state index contributed by atoms with van der Waals surface area (Å²) < 4.78 is 35.0. The Labute approximate surface area is 238 Å². The van der Waals surface area contributed by atoms with Gasteiger partial charge in [0, 0.05) is 0 Å². The Bertz CT molecular complexity index is 1210. The van der Waals surface area contributed by atoms with Crippen molar-refractivity contribution in [2.45, 2.75) is 46.5 Å². The molecule has 0 aromatic heterocycles. The summed E-state index contributed by atoms with van der Waals surface area (Å²) in [5.41, 5.74) is 1.64. The van der Waals surface area contributed by atoms with Crippen molar-refractivity contribution in [2.24, 2.45) is 11.3 Å². The van der Waals surface area contributed by atoms with Crippen LogP contribution in [0.25, 0.3) is 0 Å². The second kappa shape index (κ2) is 13.8. The minimum Gasteiger partial charge on any atom is -0.496 e. The lowest BCUT2D eigenvalue weighted by Crippen LogP contribution is -2.26. The highest BCUT2D eigenvalue weighted by atomic mass is 31.1. The maximum atomic E-state index is 14.1. The maximum Gasteiger partial charge on any atom is 0.376 e. The summed E-state index contributed by atoms with van der Waals surface area (Å²) in [5, 5.41) is 0.913. The molecule has 3 rings (SSSR count). The number of rotatable bonds is 14. The van der Waals surface area contributed by atoms with Crippen LogP contribution in [0, 0.1) is 11.3 Å². The fourth-order valence-corrected chi connectivity index (χ4v) is 6.72. The van der Waals surface area contributed by atoms with Crippen LogP contribution in [0.4, 0.5) is 0 Å². The number of carbonyl (C=O) groups excluding carboxylic acids is 2. The Balaban J connectivity index is 1.89. The van der Waals surface area contributed by atoms with Crippen molar-refractivity contribution >= 4 is 19.4 Å². The summed E-state index contributed by atoms with van der Waals surface area (Å²) in [6, 6.07) is 10.1. The fourth-order valence-electron chi connectivity index (χ4n) is 5.22. The minimum atomic E-state index is -1.57. The third-order valence-electron chi connectivity index (χ3n) is 7.20. The predicted octanol–water partition coefficient (Wildman–Crippen LogP) is 7.66. The average Bonchev–Trinajstić information content (AvgIpc) is 2.94. The van der Waals surface area contributed by atoms with Crippen LogP contribution in [-0.2, 0) is 4.57 Å². The van der Waals surface area contributed by atoms with Crippen LogP contribution in [0.5, 0.6) is 23.0 Å². The summed E-state index contributed by atoms with van der Waals surface area (Å²) >= 11 is 0. The molecule has 0 saturated heterocycles. The summed E-state index contributed by atoms with van der Waals surface area (Å²) in [5.74, 6) is -0.568. The van der Waals surface area contributed by atoms with Crippen molar-refractivity contribution < 1.29 is 33.1 Å². The van der Waals surface area contributed by atoms with Gasteiger partial charge < -0.3 is 18.9 Å². The zero-order valence-electron chi connectivity index (χ0n) is 24.5. The Morgan fingerprint density at radius 1 is 0.825 bits per heavy atom. The quantitative estimate of drug-likeness (QED) is 0.100. The molecular weight excluding hydrogens is 527 g/mol. The summed E-state index contributed by atoms with van der Waals surface area (Å²) in [6.45, 7) is 6.37. The van der Waals surface area contributed by atoms with Gasteiger partial charge in [0.2, 0.25) is 0 Å². The molecule has 0 bridgehead atoms. The monoisotopic (exact) mass is 567 g/mol. The normalized spacial score (nSPS) is 14.7. The van der Waals surface area contributed by atoms with Gasteiger partial charge in [0.1, 0.15) is 34.1 Å². The van der Waals surface area contributed by atoms with E-state index in [0.29, 0.717) is 42.0 Å². The zero-order chi connectivity index (χ0) is 29.4. The number of Topliss-reactive ketones (excluding diaryl/α,β-unsaturated/α-hetero) is 2. The molecule has 0 saturated carbocycles. The highest BCUT2D eigenvalue weighted by molar-refractivity contribution is 7.49. The Kier molecular flexibility index (Phi) is 10.7. The molecular formula is C32H40O7P+. The standard InChI is InChI=1S/C32H40O7P/c1-21-20-32(2,3)18-17-27(21)40(35)19-9-8-12-22(30(33)28-23(36-4)13-10-14-24(28)37-5)31(34)29-25(38-6)15-11-16-26(29)39-7/h10-11,13-18,22H,8-9,12,19-20H2,1-7H3/q+1. The van der Waals surface area contributed by atoms with E-state index in [9.17, 15) is 14.2 Å². The molecule has 0 radical (unpaired) electrons. The molecule has 214 valence electrons. The van der Waals surface area contributed by atoms with Crippen molar-refractivity contribution in [3.05, 3.63) is 70.6 Å². The van der Waals surface area contributed by atoms with Crippen LogP contribution in [0.3, 0.4) is 0 Å². The van der Waals surface area contributed by atoms with E-state index in [4.69, 9.17) is 18.9 Å². The molecule has 8 heteroatoms. The van der Waals surface area contributed by atoms with Crippen molar-refractivity contribution in [1.29, 1.82) is 0 Å². The second-order valence-corrected chi connectivity index (χ2v) is 12.3. The molecule has 7 nitrogen and oxygen atoms in total. The van der Waals surface area contributed by atoms with Gasteiger partial charge in [-0.2, -0.15) is 0 Å². The average molecular weight is 568 g/mol. The van der Waals surface area contributed by atoms with Crippen LogP contribution in [-0.4, -0.2) is 46.2 Å². The number of unbranched alkanes of at least 4 members (excludes halogenated alkanes) is 1. The topological polar surface area (TPSA) is 88.1 Å². The number of benzene rings is 2. The number of carbonyl (C=O) groups is 2. The van der Waals surface area contributed by atoms with Gasteiger partial charge in [0.25, 0.3) is 0 Å². The second-order valence-electron chi connectivity index (χ2n) is 10.6. The molecule has 1 atom stereocenters. The number of hydrogen-bond acceptors (Lipinski definition) is 7. The van der Waals surface area contributed by atoms with Crippen LogP contribution in [0.1, 0.15) is 67.2 Å². The Morgan fingerprint density at radius 2 is 1.27 bits per heavy atom. The fraction of sp³-hybridized carbons (Fsp3) is 0.438. The molecule has 0 N–H and O–H groups in total. The highest BCUT2D eigenvalue weighted by Gasteiger charge is 2.36. The largest absolute Gasteiger partial charge is 0.496 e. The first-order valence-corrected chi connectivity index (χ1v) is 14.9. The van der Waals surface area contributed by atoms with Gasteiger partial charge in [0.05, 0.1) is 34.4 Å². The molecule has 2 aromatic rings. The first-order chi connectivity index (χ1) is 19.1. The molecule has 0 heterocycles. The third kappa shape index (κ3) is 7.00. The SMILES string of the molecule is COc1cccc(OC)c1C(=O)C(CCCC[P+](=O)C1=C(C)CC(C)(C)C=C1)C(=O)c1c(OC)cccc1OC. The molecule has 1 aliphatic rings. The molecule has 0 amide bonds. The number of hydrogen-bond donors (Lipinski definition) is 0. The van der Waals surface area contributed by atoms with Gasteiger partial charge in [-0.05, 0) is 73.9 Å². The summed E-state index contributed by atoms with van der Waals surface area (Å²) in [6.07, 6.45) is 6.87. The Morgan fingerprint density at radius 3 is 1.68 bits per heavy atom. The first kappa shape index (κ1) is 31.1. The van der Waals surface area contributed by atoms with E-state index in [1.165, 1.54) is 28.4 Å². The van der Waals surface area contributed by atoms with Crippen LogP contribution in [0.2, 0.25) is 0 Å². The van der Waals surface area contributed by atoms with Gasteiger partial charge in [0.15, 0.2) is 23.0 Å². The smallest absolute Gasteiger partial charge is 0.376 e. The molecule has 40 heavy (non-hydrogen) atoms. The molecule has 2 aromatic carbocycles. The van der Waals surface area contributed by atoms with Gasteiger partial charge >= 0.3 is 7.80 Å². The highest BCUT2D eigenvalue weighted by Crippen LogP contribution is 2.44. The van der Waals surface area contributed by atoms with Crippen molar-refractivity contribution in [1.82, 2.24) is 0 Å². The third-order valence-corrected chi connectivity index (χ3v) is 9.00. The zero-order valence-corrected chi connectivity index (χ0v) is 25.4. The van der Waals surface area contributed by atoms with Gasteiger partial charge in [-0.1, -0.05) is 36.6 Å². The van der Waals surface area contributed by atoms with Gasteiger partial charge in [-0.15, -0.1) is 0 Å². The van der Waals surface area contributed by atoms with E-state index in [0.717, 1.165) is 17.3 Å². The number of allylic oxidation sites excluding steroid dienone is 4. The van der Waals surface area contributed by atoms with Gasteiger partial charge in [-0.3, -0.25) is 9.59 Å². The van der Waals surface area contributed by atoms with E-state index in [-0.39, 0.29) is 23.0 Å². The lowest BCUT2D eigenvalue weighted by Gasteiger charge is -2.23. The number of ether oxygens (including phenoxy) is 4. The van der Waals surface area contributed by atoms with Crippen molar-refractivity contribution in [2.75, 3.05) is 34.6 Å². The minimum absolute atomic E-state index is 0.0663. The Hall–Kier alpha value is -3.44.